The number of hydrogen-bond acceptors (Lipinski definition) is 2. The maximum Gasteiger partial charge on any atom is 0.0712 e. The smallest absolute Gasteiger partial charge is 0.0712 e. The van der Waals surface area contributed by atoms with Crippen LogP contribution in [0, 0.1) is 5.41 Å². The molecule has 0 radical (unpaired) electrons. The van der Waals surface area contributed by atoms with Crippen LogP contribution in [0.2, 0.25) is 0 Å². The van der Waals surface area contributed by atoms with E-state index in [-0.39, 0.29) is 11.5 Å². The molecule has 0 saturated carbocycles. The van der Waals surface area contributed by atoms with E-state index in [2.05, 4.69) is 39.9 Å². The van der Waals surface area contributed by atoms with Crippen molar-refractivity contribution in [3.8, 4) is 0 Å². The molecule has 0 bridgehead atoms. The summed E-state index contributed by atoms with van der Waals surface area (Å²) >= 11 is 0. The Bertz CT molecular complexity index is 145. The van der Waals surface area contributed by atoms with Gasteiger partial charge in [-0.15, -0.1) is 0 Å². The summed E-state index contributed by atoms with van der Waals surface area (Å²) in [6, 6.07) is 0.581. The Morgan fingerprint density at radius 3 is 1.87 bits per heavy atom. The standard InChI is InChI=1S/C13H29NO/c1-6-8-11(9-7-2)14-10-12(15)13(3,4)5/h11-12,14-15H,6-10H2,1-5H3. The Morgan fingerprint density at radius 1 is 1.07 bits per heavy atom. The van der Waals surface area contributed by atoms with Gasteiger partial charge in [0.05, 0.1) is 6.10 Å². The highest BCUT2D eigenvalue weighted by molar-refractivity contribution is 4.77. The number of hydrogen-bond donors (Lipinski definition) is 2. The molecule has 1 unspecified atom stereocenters. The second-order valence-corrected chi connectivity index (χ2v) is 5.56. The van der Waals surface area contributed by atoms with Crippen LogP contribution in [-0.2, 0) is 0 Å². The van der Waals surface area contributed by atoms with Crippen molar-refractivity contribution in [2.75, 3.05) is 6.54 Å². The quantitative estimate of drug-likeness (QED) is 0.684. The van der Waals surface area contributed by atoms with Gasteiger partial charge in [-0.1, -0.05) is 47.5 Å². The van der Waals surface area contributed by atoms with Gasteiger partial charge in [0.2, 0.25) is 0 Å². The summed E-state index contributed by atoms with van der Waals surface area (Å²) in [5.41, 5.74) is -0.0179. The first kappa shape index (κ1) is 14.9. The Morgan fingerprint density at radius 2 is 1.53 bits per heavy atom. The van der Waals surface area contributed by atoms with Crippen molar-refractivity contribution in [3.63, 3.8) is 0 Å². The van der Waals surface area contributed by atoms with Crippen molar-refractivity contribution in [2.24, 2.45) is 5.41 Å². The first-order valence-electron chi connectivity index (χ1n) is 6.33. The van der Waals surface area contributed by atoms with Crippen LogP contribution in [0.25, 0.3) is 0 Å². The van der Waals surface area contributed by atoms with Crippen LogP contribution >= 0.6 is 0 Å². The normalized spacial score (nSPS) is 14.6. The minimum absolute atomic E-state index is 0.0179. The third-order valence-corrected chi connectivity index (χ3v) is 2.87. The van der Waals surface area contributed by atoms with Crippen LogP contribution in [0.5, 0.6) is 0 Å². The monoisotopic (exact) mass is 215 g/mol. The van der Waals surface area contributed by atoms with Crippen molar-refractivity contribution < 1.29 is 5.11 Å². The summed E-state index contributed by atoms with van der Waals surface area (Å²) in [5, 5.41) is 13.4. The highest BCUT2D eigenvalue weighted by Gasteiger charge is 2.22. The van der Waals surface area contributed by atoms with Crippen LogP contribution in [0.1, 0.15) is 60.3 Å². The van der Waals surface area contributed by atoms with E-state index in [0.717, 1.165) is 0 Å². The zero-order valence-corrected chi connectivity index (χ0v) is 11.1. The van der Waals surface area contributed by atoms with Crippen LogP contribution in [0.4, 0.5) is 0 Å². The molecule has 0 amide bonds. The molecule has 0 rings (SSSR count). The molecule has 0 aromatic heterocycles. The second kappa shape index (κ2) is 7.24. The van der Waals surface area contributed by atoms with Crippen molar-refractivity contribution >= 4 is 0 Å². The van der Waals surface area contributed by atoms with E-state index in [1.807, 2.05) is 0 Å². The number of nitrogens with one attached hydrogen (secondary N) is 1. The molecule has 0 aliphatic carbocycles. The lowest BCUT2D eigenvalue weighted by Crippen LogP contribution is -2.41. The van der Waals surface area contributed by atoms with Crippen LogP contribution in [-0.4, -0.2) is 23.8 Å². The van der Waals surface area contributed by atoms with Crippen LogP contribution in [0.3, 0.4) is 0 Å². The maximum absolute atomic E-state index is 9.91. The van der Waals surface area contributed by atoms with Gasteiger partial charge < -0.3 is 10.4 Å². The van der Waals surface area contributed by atoms with E-state index >= 15 is 0 Å². The van der Waals surface area contributed by atoms with E-state index in [4.69, 9.17) is 0 Å². The lowest BCUT2D eigenvalue weighted by molar-refractivity contribution is 0.0598. The van der Waals surface area contributed by atoms with E-state index in [0.29, 0.717) is 12.6 Å². The minimum Gasteiger partial charge on any atom is -0.391 e. The van der Waals surface area contributed by atoms with Crippen LogP contribution in [0.15, 0.2) is 0 Å². The highest BCUT2D eigenvalue weighted by atomic mass is 16.3. The molecule has 0 saturated heterocycles. The molecule has 0 aromatic rings. The molecular formula is C13H29NO. The summed E-state index contributed by atoms with van der Waals surface area (Å²) in [6.45, 7) is 11.4. The molecule has 2 heteroatoms. The van der Waals surface area contributed by atoms with E-state index in [1.54, 1.807) is 0 Å². The molecule has 1 atom stereocenters. The fourth-order valence-corrected chi connectivity index (χ4v) is 1.63. The third-order valence-electron chi connectivity index (χ3n) is 2.87. The predicted molar refractivity (Wildman–Crippen MR) is 67.1 cm³/mol. The molecule has 0 aliphatic heterocycles. The van der Waals surface area contributed by atoms with Gasteiger partial charge in [0.1, 0.15) is 0 Å². The summed E-state index contributed by atoms with van der Waals surface area (Å²) < 4.78 is 0. The van der Waals surface area contributed by atoms with Gasteiger partial charge in [-0.05, 0) is 18.3 Å². The van der Waals surface area contributed by atoms with Gasteiger partial charge in [-0.2, -0.15) is 0 Å². The molecule has 0 aromatic carbocycles. The van der Waals surface area contributed by atoms with Crippen molar-refractivity contribution in [1.29, 1.82) is 0 Å². The van der Waals surface area contributed by atoms with Gasteiger partial charge in [0.25, 0.3) is 0 Å². The number of rotatable bonds is 7. The maximum atomic E-state index is 9.91. The number of aliphatic hydroxyl groups excluding tert-OH is 1. The largest absolute Gasteiger partial charge is 0.391 e. The topological polar surface area (TPSA) is 32.3 Å². The first-order valence-corrected chi connectivity index (χ1v) is 6.33. The summed E-state index contributed by atoms with van der Waals surface area (Å²) in [7, 11) is 0. The summed E-state index contributed by atoms with van der Waals surface area (Å²) in [6.07, 6.45) is 4.59. The van der Waals surface area contributed by atoms with Crippen LogP contribution < -0.4 is 5.32 Å². The fraction of sp³-hybridized carbons (Fsp3) is 1.00. The molecule has 92 valence electrons. The highest BCUT2D eigenvalue weighted by Crippen LogP contribution is 2.18. The molecule has 15 heavy (non-hydrogen) atoms. The van der Waals surface area contributed by atoms with Gasteiger partial charge in [-0.3, -0.25) is 0 Å². The average Bonchev–Trinajstić information content (AvgIpc) is 2.12. The fourth-order valence-electron chi connectivity index (χ4n) is 1.63. The zero-order valence-electron chi connectivity index (χ0n) is 11.1. The Hall–Kier alpha value is -0.0800. The third kappa shape index (κ3) is 6.91. The minimum atomic E-state index is -0.256. The van der Waals surface area contributed by atoms with Gasteiger partial charge in [0.15, 0.2) is 0 Å². The molecule has 2 N–H and O–H groups in total. The Balaban J connectivity index is 3.87. The van der Waals surface area contributed by atoms with Gasteiger partial charge in [-0.25, -0.2) is 0 Å². The summed E-state index contributed by atoms with van der Waals surface area (Å²) in [4.78, 5) is 0. The molecule has 0 spiro atoms. The number of aliphatic hydroxyl groups is 1. The predicted octanol–water partition coefficient (Wildman–Crippen LogP) is 2.95. The van der Waals surface area contributed by atoms with Crippen molar-refractivity contribution in [1.82, 2.24) is 5.32 Å². The molecule has 2 nitrogen and oxygen atoms in total. The lowest BCUT2D eigenvalue weighted by Gasteiger charge is -2.28. The van der Waals surface area contributed by atoms with Crippen molar-refractivity contribution in [3.05, 3.63) is 0 Å². The van der Waals surface area contributed by atoms with E-state index in [9.17, 15) is 5.11 Å². The molecule has 0 aliphatic rings. The van der Waals surface area contributed by atoms with Crippen molar-refractivity contribution in [2.45, 2.75) is 72.4 Å². The molecular weight excluding hydrogens is 186 g/mol. The zero-order chi connectivity index (χ0) is 11.9. The molecule has 0 fully saturated rings. The molecule has 0 heterocycles. The second-order valence-electron chi connectivity index (χ2n) is 5.56. The Labute approximate surface area is 95.5 Å². The van der Waals surface area contributed by atoms with E-state index < -0.39 is 0 Å². The SMILES string of the molecule is CCCC(CCC)NCC(O)C(C)(C)C. The van der Waals surface area contributed by atoms with Gasteiger partial charge in [0, 0.05) is 12.6 Å². The lowest BCUT2D eigenvalue weighted by atomic mass is 9.89. The Kier molecular flexibility index (Phi) is 7.20. The van der Waals surface area contributed by atoms with E-state index in [1.165, 1.54) is 25.7 Å². The average molecular weight is 215 g/mol. The first-order chi connectivity index (χ1) is 6.91. The van der Waals surface area contributed by atoms with Gasteiger partial charge >= 0.3 is 0 Å². The summed E-state index contributed by atoms with van der Waals surface area (Å²) in [5.74, 6) is 0.